The van der Waals surface area contributed by atoms with Crippen molar-refractivity contribution < 1.29 is 27.4 Å². The van der Waals surface area contributed by atoms with Crippen molar-refractivity contribution in [1.82, 2.24) is 0 Å². The van der Waals surface area contributed by atoms with Gasteiger partial charge < -0.3 is 18.6 Å². The first-order valence-corrected chi connectivity index (χ1v) is 7.57. The number of rotatable bonds is 6. The lowest BCUT2D eigenvalue weighted by atomic mass is 10.1. The molecule has 25 heavy (non-hydrogen) atoms. The summed E-state index contributed by atoms with van der Waals surface area (Å²) < 4.78 is 48.6. The fourth-order valence-corrected chi connectivity index (χ4v) is 2.39. The Morgan fingerprint density at radius 3 is 2.40 bits per heavy atom. The smallest absolute Gasteiger partial charge is 0.200 e. The monoisotopic (exact) mass is 350 g/mol. The van der Waals surface area contributed by atoms with Crippen molar-refractivity contribution in [2.24, 2.45) is 0 Å². The van der Waals surface area contributed by atoms with Crippen LogP contribution >= 0.6 is 0 Å². The summed E-state index contributed by atoms with van der Waals surface area (Å²) >= 11 is 0. The second-order valence-corrected chi connectivity index (χ2v) is 5.47. The molecular weight excluding hydrogens is 334 g/mol. The predicted octanol–water partition coefficient (Wildman–Crippen LogP) is 3.53. The molecule has 0 fully saturated rings. The molecule has 0 saturated carbocycles. The third kappa shape index (κ3) is 3.47. The Hall–Kier alpha value is -2.51. The Morgan fingerprint density at radius 2 is 1.68 bits per heavy atom. The standard InChI is InChI=1S/C18H16F2O5/c1-10-5-15-11(6-13(10)19)18(21)12-7-14(20)17(8-16(12)25-15)24-9-23-4-3-22-2/h5-8H,3-4,9H2,1-2H3. The van der Waals surface area contributed by atoms with E-state index in [1.165, 1.54) is 19.2 Å². The lowest BCUT2D eigenvalue weighted by Crippen LogP contribution is -2.09. The maximum Gasteiger partial charge on any atom is 0.200 e. The minimum atomic E-state index is -0.734. The van der Waals surface area contributed by atoms with E-state index in [2.05, 4.69) is 0 Å². The summed E-state index contributed by atoms with van der Waals surface area (Å²) in [5.41, 5.74) is 0.221. The van der Waals surface area contributed by atoms with Crippen LogP contribution in [0.25, 0.3) is 21.9 Å². The molecule has 0 saturated heterocycles. The molecule has 5 nitrogen and oxygen atoms in total. The second kappa shape index (κ2) is 7.16. The predicted molar refractivity (Wildman–Crippen MR) is 88.0 cm³/mol. The summed E-state index contributed by atoms with van der Waals surface area (Å²) in [6.45, 7) is 2.08. The fraction of sp³-hybridized carbons (Fsp3) is 0.278. The van der Waals surface area contributed by atoms with E-state index in [4.69, 9.17) is 18.6 Å². The van der Waals surface area contributed by atoms with Gasteiger partial charge in [0.2, 0.25) is 5.43 Å². The van der Waals surface area contributed by atoms with E-state index in [0.717, 1.165) is 12.1 Å². The molecular formula is C18H16F2O5. The molecule has 0 aliphatic heterocycles. The first-order valence-electron chi connectivity index (χ1n) is 7.57. The van der Waals surface area contributed by atoms with Crippen LogP contribution in [0.5, 0.6) is 5.75 Å². The second-order valence-electron chi connectivity index (χ2n) is 5.47. The summed E-state index contributed by atoms with van der Waals surface area (Å²) in [5, 5.41) is 0.0764. The molecule has 1 aromatic heterocycles. The number of methoxy groups -OCH3 is 1. The van der Waals surface area contributed by atoms with Crippen molar-refractivity contribution in [2.75, 3.05) is 27.1 Å². The van der Waals surface area contributed by atoms with E-state index in [-0.39, 0.29) is 34.5 Å². The van der Waals surface area contributed by atoms with Gasteiger partial charge in [0.25, 0.3) is 0 Å². The minimum absolute atomic E-state index is 0.0147. The van der Waals surface area contributed by atoms with E-state index < -0.39 is 17.1 Å². The van der Waals surface area contributed by atoms with Gasteiger partial charge in [-0.3, -0.25) is 4.79 Å². The molecule has 3 aromatic rings. The van der Waals surface area contributed by atoms with Crippen molar-refractivity contribution in [2.45, 2.75) is 6.92 Å². The summed E-state index contributed by atoms with van der Waals surface area (Å²) in [4.78, 5) is 12.5. The molecule has 3 rings (SSSR count). The molecule has 0 N–H and O–H groups in total. The molecule has 1 heterocycles. The third-order valence-corrected chi connectivity index (χ3v) is 3.73. The van der Waals surface area contributed by atoms with E-state index in [1.807, 2.05) is 0 Å². The van der Waals surface area contributed by atoms with Crippen LogP contribution in [-0.4, -0.2) is 27.1 Å². The van der Waals surface area contributed by atoms with Gasteiger partial charge >= 0.3 is 0 Å². The van der Waals surface area contributed by atoms with Gasteiger partial charge in [0.1, 0.15) is 17.0 Å². The van der Waals surface area contributed by atoms with Gasteiger partial charge in [-0.15, -0.1) is 0 Å². The molecule has 0 aliphatic rings. The molecule has 0 bridgehead atoms. The highest BCUT2D eigenvalue weighted by molar-refractivity contribution is 5.90. The van der Waals surface area contributed by atoms with E-state index in [0.29, 0.717) is 18.8 Å². The number of halogens is 2. The van der Waals surface area contributed by atoms with Crippen LogP contribution in [0.3, 0.4) is 0 Å². The third-order valence-electron chi connectivity index (χ3n) is 3.73. The topological polar surface area (TPSA) is 57.9 Å². The van der Waals surface area contributed by atoms with Gasteiger partial charge in [-0.2, -0.15) is 0 Å². The van der Waals surface area contributed by atoms with Crippen molar-refractivity contribution in [3.63, 3.8) is 0 Å². The lowest BCUT2D eigenvalue weighted by Gasteiger charge is -2.09. The Labute approximate surface area is 141 Å². The van der Waals surface area contributed by atoms with Crippen molar-refractivity contribution in [3.05, 3.63) is 51.7 Å². The number of fused-ring (bicyclic) bond motifs is 2. The first-order chi connectivity index (χ1) is 12.0. The van der Waals surface area contributed by atoms with Crippen LogP contribution in [0.2, 0.25) is 0 Å². The van der Waals surface area contributed by atoms with Crippen LogP contribution in [0.15, 0.2) is 33.5 Å². The Kier molecular flexibility index (Phi) is 4.96. The molecule has 0 spiro atoms. The quantitative estimate of drug-likeness (QED) is 0.387. The molecule has 0 radical (unpaired) electrons. The maximum atomic E-state index is 14.2. The van der Waals surface area contributed by atoms with E-state index >= 15 is 0 Å². The van der Waals surface area contributed by atoms with Gasteiger partial charge in [-0.05, 0) is 30.7 Å². The average Bonchev–Trinajstić information content (AvgIpc) is 2.58. The number of hydrogen-bond donors (Lipinski definition) is 0. The highest BCUT2D eigenvalue weighted by Gasteiger charge is 2.14. The molecule has 0 atom stereocenters. The number of benzene rings is 2. The highest BCUT2D eigenvalue weighted by Crippen LogP contribution is 2.27. The Morgan fingerprint density at radius 1 is 1.00 bits per heavy atom. The summed E-state index contributed by atoms with van der Waals surface area (Å²) in [6.07, 6.45) is 0. The molecule has 0 amide bonds. The SMILES string of the molecule is COCCOCOc1cc2oc3cc(C)c(F)cc3c(=O)c2cc1F. The molecule has 132 valence electrons. The average molecular weight is 350 g/mol. The normalized spacial score (nSPS) is 11.4. The van der Waals surface area contributed by atoms with Crippen LogP contribution in [0.4, 0.5) is 8.78 Å². The zero-order valence-corrected chi connectivity index (χ0v) is 13.7. The van der Waals surface area contributed by atoms with E-state index in [9.17, 15) is 13.6 Å². The van der Waals surface area contributed by atoms with Gasteiger partial charge in [-0.25, -0.2) is 8.78 Å². The van der Waals surface area contributed by atoms with Crippen LogP contribution in [0.1, 0.15) is 5.56 Å². The molecule has 2 aromatic carbocycles. The zero-order valence-electron chi connectivity index (χ0n) is 13.7. The number of aryl methyl sites for hydroxylation is 1. The number of hydrogen-bond acceptors (Lipinski definition) is 5. The van der Waals surface area contributed by atoms with Gasteiger partial charge in [-0.1, -0.05) is 0 Å². The lowest BCUT2D eigenvalue weighted by molar-refractivity contribution is -0.01000. The van der Waals surface area contributed by atoms with Crippen LogP contribution in [-0.2, 0) is 9.47 Å². The van der Waals surface area contributed by atoms with Crippen LogP contribution < -0.4 is 10.2 Å². The fourth-order valence-electron chi connectivity index (χ4n) is 2.39. The van der Waals surface area contributed by atoms with Crippen molar-refractivity contribution in [1.29, 1.82) is 0 Å². The molecule has 7 heteroatoms. The largest absolute Gasteiger partial charge is 0.464 e. The number of ether oxygens (including phenoxy) is 3. The summed E-state index contributed by atoms with van der Waals surface area (Å²) in [6, 6.07) is 4.83. The highest BCUT2D eigenvalue weighted by atomic mass is 19.1. The summed E-state index contributed by atoms with van der Waals surface area (Å²) in [7, 11) is 1.53. The maximum absolute atomic E-state index is 14.2. The van der Waals surface area contributed by atoms with Gasteiger partial charge in [0.05, 0.1) is 24.0 Å². The minimum Gasteiger partial charge on any atom is -0.464 e. The molecule has 0 aliphatic carbocycles. The molecule has 0 unspecified atom stereocenters. The summed E-state index contributed by atoms with van der Waals surface area (Å²) in [5.74, 6) is -1.36. The van der Waals surface area contributed by atoms with Crippen LogP contribution in [0, 0.1) is 18.6 Å². The zero-order chi connectivity index (χ0) is 18.0. The Balaban J connectivity index is 2.00. The van der Waals surface area contributed by atoms with Gasteiger partial charge in [0.15, 0.2) is 18.4 Å². The Bertz CT molecular complexity index is 981. The first kappa shape index (κ1) is 17.3. The van der Waals surface area contributed by atoms with Gasteiger partial charge in [0, 0.05) is 13.2 Å². The van der Waals surface area contributed by atoms with E-state index in [1.54, 1.807) is 6.92 Å². The van der Waals surface area contributed by atoms with Crippen molar-refractivity contribution in [3.8, 4) is 5.75 Å². The van der Waals surface area contributed by atoms with Crippen molar-refractivity contribution >= 4 is 21.9 Å².